The van der Waals surface area contributed by atoms with Crippen LogP contribution in [0.25, 0.3) is 0 Å². The number of nitroso groups, excluding NO2 is 1. The van der Waals surface area contributed by atoms with Crippen molar-refractivity contribution in [2.24, 2.45) is 0 Å². The molecule has 1 N–H and O–H groups in total. The van der Waals surface area contributed by atoms with Gasteiger partial charge >= 0.3 is 20.9 Å². The zero-order chi connectivity index (χ0) is 14.6. The van der Waals surface area contributed by atoms with Crippen LogP contribution in [-0.4, -0.2) is 48.6 Å². The van der Waals surface area contributed by atoms with Crippen LogP contribution in [0, 0.1) is 4.91 Å². The van der Waals surface area contributed by atoms with E-state index in [1.807, 2.05) is 0 Å². The van der Waals surface area contributed by atoms with Crippen molar-refractivity contribution in [3.8, 4) is 0 Å². The van der Waals surface area contributed by atoms with Crippen LogP contribution in [0.15, 0.2) is 0 Å². The Kier molecular flexibility index (Phi) is 6.17. The molecule has 108 valence electrons. The van der Waals surface area contributed by atoms with Gasteiger partial charge in [0.1, 0.15) is 0 Å². The molecule has 1 atom stereocenters. The van der Waals surface area contributed by atoms with Crippen molar-refractivity contribution < 1.29 is 36.2 Å². The van der Waals surface area contributed by atoms with Gasteiger partial charge in [-0.25, -0.2) is 8.42 Å². The summed E-state index contributed by atoms with van der Waals surface area (Å²) in [5.41, 5.74) is -8.81. The van der Waals surface area contributed by atoms with Gasteiger partial charge in [0, 0.05) is 16.1 Å². The van der Waals surface area contributed by atoms with Crippen molar-refractivity contribution in [3.05, 3.63) is 4.91 Å². The van der Waals surface area contributed by atoms with Gasteiger partial charge in [-0.3, -0.25) is 0 Å². The minimum absolute atomic E-state index is 0.00607. The van der Waals surface area contributed by atoms with E-state index in [0.717, 1.165) is 0 Å². The van der Waals surface area contributed by atoms with Gasteiger partial charge in [-0.1, -0.05) is 0 Å². The number of sulfone groups is 1. The summed E-state index contributed by atoms with van der Waals surface area (Å²) in [5.74, 6) is 0. The van der Waals surface area contributed by atoms with Crippen LogP contribution in [-0.2, 0) is 14.6 Å². The molecule has 0 saturated carbocycles. The lowest BCUT2D eigenvalue weighted by Gasteiger charge is -2.09. The Morgan fingerprint density at radius 3 is 2.22 bits per heavy atom. The molecule has 6 nitrogen and oxygen atoms in total. The Balaban J connectivity index is 4.37. The highest BCUT2D eigenvalue weighted by Gasteiger charge is 2.57. The summed E-state index contributed by atoms with van der Waals surface area (Å²) in [6.07, 6.45) is -0.111. The number of rotatable bonds is 7. The molecule has 0 aromatic heterocycles. The Morgan fingerprint density at radius 1 is 1.33 bits per heavy atom. The SMILES string of the molecule is CC(C)OCCC[N+](=O)[C@H](O)S(=O)(=O)C(F)(F)F. The fourth-order valence-corrected chi connectivity index (χ4v) is 1.58. The summed E-state index contributed by atoms with van der Waals surface area (Å²) < 4.78 is 61.8. The number of alkyl halides is 3. The molecular weight excluding hydrogens is 279 g/mol. The van der Waals surface area contributed by atoms with Crippen LogP contribution < -0.4 is 0 Å². The fraction of sp³-hybridized carbons (Fsp3) is 1.00. The molecule has 0 aromatic rings. The van der Waals surface area contributed by atoms with Crippen molar-refractivity contribution in [1.82, 2.24) is 0 Å². The van der Waals surface area contributed by atoms with Crippen LogP contribution >= 0.6 is 0 Å². The molecule has 0 fully saturated rings. The molecule has 0 saturated heterocycles. The first-order valence-corrected chi connectivity index (χ1v) is 6.58. The molecule has 0 spiro atoms. The largest absolute Gasteiger partial charge is 0.506 e. The molecule has 0 aliphatic carbocycles. The van der Waals surface area contributed by atoms with E-state index in [1.54, 1.807) is 13.8 Å². The van der Waals surface area contributed by atoms with E-state index in [0.29, 0.717) is 0 Å². The number of hydrogen-bond donors (Lipinski definition) is 1. The van der Waals surface area contributed by atoms with Crippen LogP contribution in [0.1, 0.15) is 20.3 Å². The fourth-order valence-electron chi connectivity index (χ4n) is 0.924. The maximum absolute atomic E-state index is 12.0. The Hall–Kier alpha value is -0.740. The smallest absolute Gasteiger partial charge is 0.379 e. The van der Waals surface area contributed by atoms with E-state index in [-0.39, 0.29) is 19.1 Å². The summed E-state index contributed by atoms with van der Waals surface area (Å²) in [6.45, 7) is 2.94. The maximum atomic E-state index is 12.0. The topological polar surface area (TPSA) is 83.7 Å². The Morgan fingerprint density at radius 2 is 1.83 bits per heavy atom. The van der Waals surface area contributed by atoms with Crippen LogP contribution in [0.4, 0.5) is 13.2 Å². The molecule has 0 aliphatic rings. The highest BCUT2D eigenvalue weighted by Crippen LogP contribution is 2.26. The van der Waals surface area contributed by atoms with Crippen LogP contribution in [0.5, 0.6) is 0 Å². The summed E-state index contributed by atoms with van der Waals surface area (Å²) in [5, 5.41) is 8.85. The second-order valence-corrected chi connectivity index (χ2v) is 5.71. The maximum Gasteiger partial charge on any atom is 0.506 e. The standard InChI is InChI=1S/C8H15F3NO5S/c1-6(2)17-5-3-4-12(14)7(13)18(15,16)8(9,10)11/h6-7,13H,3-5H2,1-2H3/q+1/t7-/m1/s1. The van der Waals surface area contributed by atoms with Gasteiger partial charge in [0.15, 0.2) is 6.54 Å². The van der Waals surface area contributed by atoms with Crippen molar-refractivity contribution in [3.63, 3.8) is 0 Å². The predicted molar refractivity (Wildman–Crippen MR) is 55.2 cm³/mol. The third kappa shape index (κ3) is 4.86. The van der Waals surface area contributed by atoms with E-state index in [1.165, 1.54) is 0 Å². The average molecular weight is 294 g/mol. The monoisotopic (exact) mass is 294 g/mol. The molecular formula is C8H15F3NO5S+. The number of aliphatic hydroxyl groups excluding tert-OH is 1. The van der Waals surface area contributed by atoms with Gasteiger partial charge in [0.2, 0.25) is 0 Å². The van der Waals surface area contributed by atoms with Gasteiger partial charge in [0.25, 0.3) is 0 Å². The predicted octanol–water partition coefficient (Wildman–Crippen LogP) is 0.791. The van der Waals surface area contributed by atoms with Crippen molar-refractivity contribution in [1.29, 1.82) is 0 Å². The van der Waals surface area contributed by atoms with Crippen molar-refractivity contribution in [2.45, 2.75) is 37.4 Å². The molecule has 10 heteroatoms. The van der Waals surface area contributed by atoms with E-state index < -0.39 is 32.2 Å². The Labute approximate surface area is 102 Å². The van der Waals surface area contributed by atoms with E-state index in [9.17, 15) is 26.5 Å². The van der Waals surface area contributed by atoms with Gasteiger partial charge in [-0.15, -0.1) is 0 Å². The number of ether oxygens (including phenoxy) is 1. The molecule has 0 unspecified atom stereocenters. The number of aliphatic hydroxyl groups is 1. The zero-order valence-corrected chi connectivity index (χ0v) is 10.7. The van der Waals surface area contributed by atoms with Gasteiger partial charge < -0.3 is 9.84 Å². The van der Waals surface area contributed by atoms with E-state index in [2.05, 4.69) is 0 Å². The summed E-state index contributed by atoms with van der Waals surface area (Å²) in [6, 6.07) is 0. The second-order valence-electron chi connectivity index (χ2n) is 3.73. The highest BCUT2D eigenvalue weighted by molar-refractivity contribution is 7.92. The molecule has 0 bridgehead atoms. The van der Waals surface area contributed by atoms with E-state index >= 15 is 0 Å². The average Bonchev–Trinajstić information content (AvgIpc) is 2.21. The van der Waals surface area contributed by atoms with E-state index in [4.69, 9.17) is 9.84 Å². The molecule has 0 aliphatic heterocycles. The lowest BCUT2D eigenvalue weighted by molar-refractivity contribution is -0.602. The van der Waals surface area contributed by atoms with Gasteiger partial charge in [-0.05, 0) is 13.8 Å². The molecule has 18 heavy (non-hydrogen) atoms. The van der Waals surface area contributed by atoms with Crippen LogP contribution in [0.2, 0.25) is 0 Å². The first-order chi connectivity index (χ1) is 8.00. The second kappa shape index (κ2) is 6.43. The normalized spacial score (nSPS) is 14.8. The molecule has 0 heterocycles. The lowest BCUT2D eigenvalue weighted by atomic mass is 10.4. The number of hydrogen-bond acceptors (Lipinski definition) is 5. The van der Waals surface area contributed by atoms with Crippen LogP contribution in [0.3, 0.4) is 0 Å². The summed E-state index contributed by atoms with van der Waals surface area (Å²) >= 11 is 0. The van der Waals surface area contributed by atoms with Crippen molar-refractivity contribution >= 4 is 9.84 Å². The van der Waals surface area contributed by atoms with Gasteiger partial charge in [-0.2, -0.15) is 13.2 Å². The molecule has 0 radical (unpaired) electrons. The summed E-state index contributed by atoms with van der Waals surface area (Å²) in [4.78, 5) is 11.0. The molecule has 0 aromatic carbocycles. The minimum Gasteiger partial charge on any atom is -0.379 e. The first kappa shape index (κ1) is 17.3. The minimum atomic E-state index is -5.90. The summed E-state index contributed by atoms with van der Waals surface area (Å²) in [7, 11) is -5.90. The lowest BCUT2D eigenvalue weighted by Crippen LogP contribution is -2.41. The quantitative estimate of drug-likeness (QED) is 0.426. The number of halogens is 3. The highest BCUT2D eigenvalue weighted by atomic mass is 32.2. The number of nitrogens with zero attached hydrogens (tertiary/aromatic N) is 1. The molecule has 0 amide bonds. The zero-order valence-electron chi connectivity index (χ0n) is 9.85. The first-order valence-electron chi connectivity index (χ1n) is 5.03. The third-order valence-corrected chi connectivity index (χ3v) is 3.26. The van der Waals surface area contributed by atoms with Crippen molar-refractivity contribution in [2.75, 3.05) is 13.2 Å². The van der Waals surface area contributed by atoms with Gasteiger partial charge in [0.05, 0.1) is 12.7 Å². The third-order valence-electron chi connectivity index (χ3n) is 1.82. The Bertz CT molecular complexity index is 379. The molecule has 0 rings (SSSR count).